The molecule has 0 aromatic heterocycles. The number of amides is 2. The average Bonchev–Trinajstić information content (AvgIpc) is 3.15. The molecule has 0 bridgehead atoms. The van der Waals surface area contributed by atoms with Gasteiger partial charge >= 0.3 is 0 Å². The summed E-state index contributed by atoms with van der Waals surface area (Å²) in [6.07, 6.45) is 4.27. The number of aliphatic hydroxyl groups is 1. The number of piperidine rings is 1. The third kappa shape index (κ3) is 3.69. The van der Waals surface area contributed by atoms with Gasteiger partial charge in [-0.1, -0.05) is 6.92 Å². The van der Waals surface area contributed by atoms with Gasteiger partial charge in [0.15, 0.2) is 0 Å². The van der Waals surface area contributed by atoms with Crippen LogP contribution in [0.1, 0.15) is 39.0 Å². The SMILES string of the molecule is CC1CC1C(=O)NCCC(=O)N1CCCCC1CO. The van der Waals surface area contributed by atoms with Crippen molar-refractivity contribution in [2.75, 3.05) is 19.7 Å². The lowest BCUT2D eigenvalue weighted by Crippen LogP contribution is -2.46. The molecular formula is C14H24N2O3. The van der Waals surface area contributed by atoms with Crippen LogP contribution in [0, 0.1) is 11.8 Å². The van der Waals surface area contributed by atoms with Crippen LogP contribution >= 0.6 is 0 Å². The van der Waals surface area contributed by atoms with Crippen molar-refractivity contribution in [2.45, 2.75) is 45.1 Å². The summed E-state index contributed by atoms with van der Waals surface area (Å²) in [5.41, 5.74) is 0. The summed E-state index contributed by atoms with van der Waals surface area (Å²) < 4.78 is 0. The topological polar surface area (TPSA) is 69.6 Å². The van der Waals surface area contributed by atoms with Crippen LogP contribution in [-0.4, -0.2) is 47.6 Å². The third-order valence-electron chi connectivity index (χ3n) is 4.24. The number of carbonyl (C=O) groups excluding carboxylic acids is 2. The van der Waals surface area contributed by atoms with Crippen LogP contribution in [0.2, 0.25) is 0 Å². The van der Waals surface area contributed by atoms with Crippen LogP contribution < -0.4 is 5.32 Å². The van der Waals surface area contributed by atoms with E-state index in [0.29, 0.717) is 18.9 Å². The number of rotatable bonds is 5. The maximum absolute atomic E-state index is 12.1. The Labute approximate surface area is 114 Å². The lowest BCUT2D eigenvalue weighted by molar-refractivity contribution is -0.135. The van der Waals surface area contributed by atoms with E-state index in [-0.39, 0.29) is 30.4 Å². The quantitative estimate of drug-likeness (QED) is 0.764. The predicted molar refractivity (Wildman–Crippen MR) is 71.3 cm³/mol. The lowest BCUT2D eigenvalue weighted by Gasteiger charge is -2.34. The van der Waals surface area contributed by atoms with Crippen molar-refractivity contribution < 1.29 is 14.7 Å². The van der Waals surface area contributed by atoms with Gasteiger partial charge in [-0.2, -0.15) is 0 Å². The van der Waals surface area contributed by atoms with Crippen molar-refractivity contribution in [3.63, 3.8) is 0 Å². The van der Waals surface area contributed by atoms with E-state index in [1.54, 1.807) is 4.90 Å². The third-order valence-corrected chi connectivity index (χ3v) is 4.24. The normalized spacial score (nSPS) is 30.0. The van der Waals surface area contributed by atoms with E-state index in [9.17, 15) is 14.7 Å². The summed E-state index contributed by atoms with van der Waals surface area (Å²) in [7, 11) is 0. The van der Waals surface area contributed by atoms with E-state index >= 15 is 0 Å². The number of aliphatic hydroxyl groups excluding tert-OH is 1. The molecule has 3 atom stereocenters. The van der Waals surface area contributed by atoms with Gasteiger partial charge in [0.1, 0.15) is 0 Å². The molecule has 1 saturated heterocycles. The van der Waals surface area contributed by atoms with Crippen molar-refractivity contribution in [2.24, 2.45) is 11.8 Å². The maximum atomic E-state index is 12.1. The fourth-order valence-electron chi connectivity index (χ4n) is 2.77. The molecule has 2 aliphatic rings. The van der Waals surface area contributed by atoms with E-state index < -0.39 is 0 Å². The summed E-state index contributed by atoms with van der Waals surface area (Å²) in [4.78, 5) is 25.5. The van der Waals surface area contributed by atoms with Crippen LogP contribution in [0.4, 0.5) is 0 Å². The number of nitrogens with one attached hydrogen (secondary N) is 1. The highest BCUT2D eigenvalue weighted by Gasteiger charge is 2.38. The number of hydrogen-bond acceptors (Lipinski definition) is 3. The molecule has 1 saturated carbocycles. The van der Waals surface area contributed by atoms with Gasteiger partial charge in [-0.05, 0) is 31.6 Å². The Kier molecular flexibility index (Phi) is 4.80. The highest BCUT2D eigenvalue weighted by molar-refractivity contribution is 5.82. The van der Waals surface area contributed by atoms with Crippen molar-refractivity contribution in [3.8, 4) is 0 Å². The minimum absolute atomic E-state index is 0.0274. The molecule has 0 aromatic carbocycles. The molecular weight excluding hydrogens is 244 g/mol. The first-order chi connectivity index (χ1) is 9.13. The molecule has 0 spiro atoms. The molecule has 2 rings (SSSR count). The van der Waals surface area contributed by atoms with Crippen molar-refractivity contribution >= 4 is 11.8 Å². The van der Waals surface area contributed by atoms with E-state index in [2.05, 4.69) is 12.2 Å². The van der Waals surface area contributed by atoms with Crippen LogP contribution in [0.25, 0.3) is 0 Å². The average molecular weight is 268 g/mol. The minimum Gasteiger partial charge on any atom is -0.394 e. The molecule has 2 amide bonds. The summed E-state index contributed by atoms with van der Waals surface area (Å²) in [5.74, 6) is 0.785. The lowest BCUT2D eigenvalue weighted by atomic mass is 10.0. The van der Waals surface area contributed by atoms with Gasteiger partial charge in [0.25, 0.3) is 0 Å². The molecule has 3 unspecified atom stereocenters. The monoisotopic (exact) mass is 268 g/mol. The van der Waals surface area contributed by atoms with Gasteiger partial charge in [-0.15, -0.1) is 0 Å². The summed E-state index contributed by atoms with van der Waals surface area (Å²) in [6.45, 7) is 3.25. The van der Waals surface area contributed by atoms with E-state index in [0.717, 1.165) is 32.2 Å². The summed E-state index contributed by atoms with van der Waals surface area (Å²) in [6, 6.07) is -0.0274. The second-order valence-corrected chi connectivity index (χ2v) is 5.78. The second kappa shape index (κ2) is 6.37. The van der Waals surface area contributed by atoms with Gasteiger partial charge in [-0.3, -0.25) is 9.59 Å². The molecule has 1 heterocycles. The fourth-order valence-corrected chi connectivity index (χ4v) is 2.77. The second-order valence-electron chi connectivity index (χ2n) is 5.78. The van der Waals surface area contributed by atoms with Crippen LogP contribution in [0.5, 0.6) is 0 Å². The molecule has 108 valence electrons. The Hall–Kier alpha value is -1.10. The first-order valence-corrected chi connectivity index (χ1v) is 7.31. The Morgan fingerprint density at radius 1 is 1.37 bits per heavy atom. The van der Waals surface area contributed by atoms with Gasteiger partial charge in [-0.25, -0.2) is 0 Å². The standard InChI is InChI=1S/C14H24N2O3/c1-10-8-12(10)14(19)15-6-5-13(18)16-7-3-2-4-11(16)9-17/h10-12,17H,2-9H2,1H3,(H,15,19). The number of carbonyl (C=O) groups is 2. The largest absolute Gasteiger partial charge is 0.394 e. The maximum Gasteiger partial charge on any atom is 0.224 e. The highest BCUT2D eigenvalue weighted by atomic mass is 16.3. The van der Waals surface area contributed by atoms with Crippen molar-refractivity contribution in [1.82, 2.24) is 10.2 Å². The number of nitrogens with zero attached hydrogens (tertiary/aromatic N) is 1. The van der Waals surface area contributed by atoms with Gasteiger partial charge in [0.2, 0.25) is 11.8 Å². The Morgan fingerprint density at radius 2 is 2.11 bits per heavy atom. The zero-order valence-electron chi connectivity index (χ0n) is 11.6. The first-order valence-electron chi connectivity index (χ1n) is 7.31. The number of hydrogen-bond donors (Lipinski definition) is 2. The first kappa shape index (κ1) is 14.3. The molecule has 5 nitrogen and oxygen atoms in total. The molecule has 0 radical (unpaired) electrons. The smallest absolute Gasteiger partial charge is 0.224 e. The summed E-state index contributed by atoms with van der Waals surface area (Å²) >= 11 is 0. The van der Waals surface area contributed by atoms with Crippen molar-refractivity contribution in [1.29, 1.82) is 0 Å². The Bertz CT molecular complexity index is 346. The molecule has 5 heteroatoms. The molecule has 1 aliphatic heterocycles. The van der Waals surface area contributed by atoms with E-state index in [1.807, 2.05) is 0 Å². The van der Waals surface area contributed by atoms with Gasteiger partial charge in [0, 0.05) is 25.4 Å². The van der Waals surface area contributed by atoms with E-state index in [4.69, 9.17) is 0 Å². The van der Waals surface area contributed by atoms with Crippen LogP contribution in [0.15, 0.2) is 0 Å². The zero-order valence-corrected chi connectivity index (χ0v) is 11.6. The van der Waals surface area contributed by atoms with Crippen LogP contribution in [0.3, 0.4) is 0 Å². The van der Waals surface area contributed by atoms with Crippen molar-refractivity contribution in [3.05, 3.63) is 0 Å². The molecule has 1 aliphatic carbocycles. The molecule has 0 aromatic rings. The van der Waals surface area contributed by atoms with Gasteiger partial charge in [0.05, 0.1) is 12.6 Å². The summed E-state index contributed by atoms with van der Waals surface area (Å²) in [5, 5.41) is 12.1. The minimum atomic E-state index is -0.0274. The van der Waals surface area contributed by atoms with Crippen LogP contribution in [-0.2, 0) is 9.59 Å². The van der Waals surface area contributed by atoms with E-state index in [1.165, 1.54) is 0 Å². The highest BCUT2D eigenvalue weighted by Crippen LogP contribution is 2.37. The Morgan fingerprint density at radius 3 is 2.74 bits per heavy atom. The molecule has 2 fully saturated rings. The number of likely N-dealkylation sites (tertiary alicyclic amines) is 1. The predicted octanol–water partition coefficient (Wildman–Crippen LogP) is 0.522. The zero-order chi connectivity index (χ0) is 13.8. The van der Waals surface area contributed by atoms with Gasteiger partial charge < -0.3 is 15.3 Å². The molecule has 19 heavy (non-hydrogen) atoms. The fraction of sp³-hybridized carbons (Fsp3) is 0.857. The molecule has 2 N–H and O–H groups in total. The Balaban J connectivity index is 1.69.